The minimum absolute atomic E-state index is 0.00537. The van der Waals surface area contributed by atoms with E-state index >= 15 is 4.39 Å². The number of hydrogen-bond donors (Lipinski definition) is 1. The first-order chi connectivity index (χ1) is 18.8. The Balaban J connectivity index is 1.22. The lowest BCUT2D eigenvalue weighted by Gasteiger charge is -2.21. The number of hydroxylamine groups is 1. The number of amides is 2. The lowest BCUT2D eigenvalue weighted by molar-refractivity contribution is -0.132. The highest BCUT2D eigenvalue weighted by Gasteiger charge is 2.33. The Bertz CT molecular complexity index is 1360. The number of carbonyl (C=O) groups excluding carboxylic acids is 2. The fraction of sp³-hybridized carbons (Fsp3) is 0.346. The number of likely N-dealkylation sites (N-methyl/N-ethyl adjacent to an activating group) is 2. The Morgan fingerprint density at radius 2 is 2.08 bits per heavy atom. The standard InChI is InChI=1S/C26H29FN8O4/c1-32(2)16-25(36)33(3)13-19-11-24(30-39-19)23-7-4-17(12-28-23)21-6-5-18(10-22(21)27)35-15-20(38-26(35)37)14-34-9-8-29-31-34/h4-12,19-20,30H,13-16H2,1-3H3/t19-,20-/m0/s1. The summed E-state index contributed by atoms with van der Waals surface area (Å²) in [6.07, 6.45) is 5.39. The van der Waals surface area contributed by atoms with Gasteiger partial charge >= 0.3 is 6.09 Å². The normalized spacial score (nSPS) is 18.7. The van der Waals surface area contributed by atoms with Crippen LogP contribution in [0.5, 0.6) is 0 Å². The SMILES string of the molecule is CN(C)CC(=O)N(C)C[C@@H]1C=C(c2ccc(-c3ccc(N4C[C@H](Cn5ccnn5)OC4=O)cc3F)cn2)NO1. The minimum Gasteiger partial charge on any atom is -0.442 e. The Labute approximate surface area is 224 Å². The van der Waals surface area contributed by atoms with E-state index in [2.05, 4.69) is 20.8 Å². The smallest absolute Gasteiger partial charge is 0.414 e. The number of pyridine rings is 1. The van der Waals surface area contributed by atoms with Crippen molar-refractivity contribution in [3.63, 3.8) is 0 Å². The topological polar surface area (TPSA) is 118 Å². The molecule has 2 atom stereocenters. The third-order valence-corrected chi connectivity index (χ3v) is 6.36. The average Bonchev–Trinajstić information content (AvgIpc) is 3.66. The Morgan fingerprint density at radius 1 is 1.23 bits per heavy atom. The van der Waals surface area contributed by atoms with Crippen LogP contribution in [0.25, 0.3) is 16.8 Å². The van der Waals surface area contributed by atoms with Crippen molar-refractivity contribution < 1.29 is 23.6 Å². The van der Waals surface area contributed by atoms with Gasteiger partial charge < -0.3 is 14.5 Å². The number of ether oxygens (including phenoxy) is 1. The average molecular weight is 537 g/mol. The summed E-state index contributed by atoms with van der Waals surface area (Å²) in [7, 11) is 5.42. The van der Waals surface area contributed by atoms with Gasteiger partial charge in [-0.2, -0.15) is 0 Å². The number of halogens is 1. The van der Waals surface area contributed by atoms with Crippen LogP contribution in [0.2, 0.25) is 0 Å². The molecule has 0 bridgehead atoms. The third kappa shape index (κ3) is 6.04. The molecule has 2 aliphatic rings. The van der Waals surface area contributed by atoms with Crippen LogP contribution in [0.1, 0.15) is 5.69 Å². The summed E-state index contributed by atoms with van der Waals surface area (Å²) >= 11 is 0. The molecule has 2 amide bonds. The van der Waals surface area contributed by atoms with Crippen LogP contribution in [-0.4, -0.2) is 94.8 Å². The van der Waals surface area contributed by atoms with Crippen LogP contribution in [0, 0.1) is 5.82 Å². The van der Waals surface area contributed by atoms with Gasteiger partial charge in [0.2, 0.25) is 5.91 Å². The zero-order valence-corrected chi connectivity index (χ0v) is 21.8. The van der Waals surface area contributed by atoms with Gasteiger partial charge in [-0.25, -0.2) is 13.9 Å². The van der Waals surface area contributed by atoms with Gasteiger partial charge in [0.25, 0.3) is 0 Å². The lowest BCUT2D eigenvalue weighted by atomic mass is 10.1. The molecule has 39 heavy (non-hydrogen) atoms. The number of carbonyl (C=O) groups is 2. The first-order valence-corrected chi connectivity index (χ1v) is 12.4. The molecule has 2 aliphatic heterocycles. The van der Waals surface area contributed by atoms with Gasteiger partial charge in [0, 0.05) is 30.6 Å². The summed E-state index contributed by atoms with van der Waals surface area (Å²) in [5.41, 5.74) is 5.50. The van der Waals surface area contributed by atoms with E-state index in [0.717, 1.165) is 0 Å². The van der Waals surface area contributed by atoms with Crippen LogP contribution < -0.4 is 10.4 Å². The van der Waals surface area contributed by atoms with Crippen molar-refractivity contribution in [2.45, 2.75) is 18.8 Å². The first kappa shape index (κ1) is 26.3. The van der Waals surface area contributed by atoms with Crippen LogP contribution >= 0.6 is 0 Å². The Kier molecular flexibility index (Phi) is 7.52. The summed E-state index contributed by atoms with van der Waals surface area (Å²) in [6, 6.07) is 8.14. The van der Waals surface area contributed by atoms with Crippen molar-refractivity contribution in [2.24, 2.45) is 0 Å². The molecule has 1 N–H and O–H groups in total. The number of hydrogen-bond acceptors (Lipinski definition) is 9. The third-order valence-electron chi connectivity index (χ3n) is 6.36. The molecule has 1 aromatic carbocycles. The van der Waals surface area contributed by atoms with E-state index in [-0.39, 0.29) is 18.6 Å². The lowest BCUT2D eigenvalue weighted by Crippen LogP contribution is -2.39. The van der Waals surface area contributed by atoms with E-state index in [1.54, 1.807) is 59.5 Å². The molecule has 1 saturated heterocycles. The highest BCUT2D eigenvalue weighted by atomic mass is 19.1. The maximum atomic E-state index is 15.1. The van der Waals surface area contributed by atoms with Crippen molar-refractivity contribution in [3.05, 3.63) is 66.5 Å². The largest absolute Gasteiger partial charge is 0.442 e. The molecule has 13 heteroatoms. The molecule has 1 fully saturated rings. The molecule has 0 saturated carbocycles. The van der Waals surface area contributed by atoms with E-state index < -0.39 is 18.0 Å². The molecule has 5 rings (SSSR count). The minimum atomic E-state index is -0.538. The summed E-state index contributed by atoms with van der Waals surface area (Å²) in [5, 5.41) is 7.63. The summed E-state index contributed by atoms with van der Waals surface area (Å²) in [6.45, 7) is 1.35. The number of aromatic nitrogens is 4. The Hall–Kier alpha value is -4.36. The summed E-state index contributed by atoms with van der Waals surface area (Å²) < 4.78 is 22.1. The molecular weight excluding hydrogens is 507 g/mol. The summed E-state index contributed by atoms with van der Waals surface area (Å²) in [5.74, 6) is -0.490. The molecule has 3 aromatic rings. The highest BCUT2D eigenvalue weighted by molar-refractivity contribution is 5.90. The fourth-order valence-electron chi connectivity index (χ4n) is 4.37. The second kappa shape index (κ2) is 11.2. The molecule has 2 aromatic heterocycles. The van der Waals surface area contributed by atoms with E-state index in [4.69, 9.17) is 9.57 Å². The molecule has 0 aliphatic carbocycles. The predicted octanol–water partition coefficient (Wildman–Crippen LogP) is 1.77. The van der Waals surface area contributed by atoms with Crippen molar-refractivity contribution in [2.75, 3.05) is 45.7 Å². The number of cyclic esters (lactones) is 1. The van der Waals surface area contributed by atoms with E-state index in [1.807, 2.05) is 25.1 Å². The molecule has 4 heterocycles. The van der Waals surface area contributed by atoms with Crippen molar-refractivity contribution in [3.8, 4) is 11.1 Å². The molecule has 204 valence electrons. The van der Waals surface area contributed by atoms with Crippen LogP contribution in [-0.2, 0) is 20.9 Å². The van der Waals surface area contributed by atoms with Gasteiger partial charge in [-0.1, -0.05) is 11.3 Å². The molecular formula is C26H29FN8O4. The number of anilines is 1. The first-order valence-electron chi connectivity index (χ1n) is 12.4. The number of nitrogens with one attached hydrogen (secondary N) is 1. The quantitative estimate of drug-likeness (QED) is 0.437. The molecule has 0 radical (unpaired) electrons. The van der Waals surface area contributed by atoms with Gasteiger partial charge in [-0.05, 0) is 44.4 Å². The summed E-state index contributed by atoms with van der Waals surface area (Å²) in [4.78, 5) is 39.5. The van der Waals surface area contributed by atoms with Crippen molar-refractivity contribution in [1.29, 1.82) is 0 Å². The maximum Gasteiger partial charge on any atom is 0.414 e. The maximum absolute atomic E-state index is 15.1. The number of rotatable bonds is 9. The van der Waals surface area contributed by atoms with E-state index in [1.165, 1.54) is 11.0 Å². The van der Waals surface area contributed by atoms with Crippen LogP contribution in [0.3, 0.4) is 0 Å². The van der Waals surface area contributed by atoms with E-state index in [9.17, 15) is 9.59 Å². The molecule has 0 spiro atoms. The van der Waals surface area contributed by atoms with E-state index in [0.29, 0.717) is 47.8 Å². The van der Waals surface area contributed by atoms with Gasteiger partial charge in [-0.15, -0.1) is 5.10 Å². The second-order valence-electron chi connectivity index (χ2n) is 9.69. The van der Waals surface area contributed by atoms with Gasteiger partial charge in [0.15, 0.2) is 0 Å². The monoisotopic (exact) mass is 536 g/mol. The zero-order valence-electron chi connectivity index (χ0n) is 21.8. The molecule has 0 unspecified atom stereocenters. The van der Waals surface area contributed by atoms with Gasteiger partial charge in [-0.3, -0.25) is 25.0 Å². The predicted molar refractivity (Wildman–Crippen MR) is 139 cm³/mol. The number of nitrogens with zero attached hydrogens (tertiary/aromatic N) is 7. The zero-order chi connectivity index (χ0) is 27.5. The van der Waals surface area contributed by atoms with Crippen LogP contribution in [0.15, 0.2) is 55.0 Å². The fourth-order valence-corrected chi connectivity index (χ4v) is 4.37. The van der Waals surface area contributed by atoms with Gasteiger partial charge in [0.05, 0.1) is 49.5 Å². The number of benzene rings is 1. The molecule has 12 nitrogen and oxygen atoms in total. The van der Waals surface area contributed by atoms with Gasteiger partial charge in [0.1, 0.15) is 18.0 Å². The highest BCUT2D eigenvalue weighted by Crippen LogP contribution is 2.30. The van der Waals surface area contributed by atoms with Crippen molar-refractivity contribution in [1.82, 2.24) is 35.3 Å². The van der Waals surface area contributed by atoms with Crippen LogP contribution in [0.4, 0.5) is 14.9 Å². The second-order valence-corrected chi connectivity index (χ2v) is 9.69. The Morgan fingerprint density at radius 3 is 2.77 bits per heavy atom. The van der Waals surface area contributed by atoms with Crippen molar-refractivity contribution >= 4 is 23.4 Å².